The zero-order valence-corrected chi connectivity index (χ0v) is 28.4. The number of nitrogens with zero attached hydrogens (tertiary/aromatic N) is 1. The van der Waals surface area contributed by atoms with Gasteiger partial charge in [-0.05, 0) is 45.9 Å². The van der Waals surface area contributed by atoms with Crippen LogP contribution in [0.3, 0.4) is 0 Å². The summed E-state index contributed by atoms with van der Waals surface area (Å²) in [5, 5.41) is 27.0. The number of benzene rings is 4. The van der Waals surface area contributed by atoms with Crippen LogP contribution in [0.15, 0.2) is 121 Å². The summed E-state index contributed by atoms with van der Waals surface area (Å²) in [6, 6.07) is 35.4. The van der Waals surface area contributed by atoms with Crippen LogP contribution in [0.2, 0.25) is 0 Å². The summed E-state index contributed by atoms with van der Waals surface area (Å²) in [5.74, 6) is -1.18. The second-order valence-electron chi connectivity index (χ2n) is 15.2. The van der Waals surface area contributed by atoms with Crippen molar-refractivity contribution in [2.45, 2.75) is 77.7 Å². The van der Waals surface area contributed by atoms with Gasteiger partial charge in [0, 0.05) is 0 Å². The molecule has 4 aromatic carbocycles. The standard InChI is InChI=1S/C41H48N2O4/c1-37(2,3)33(40(46,29-19-11-7-12-20-29)30-21-13-8-14-22-30)43(36(45)39(27-28-39)35(42)44)34(38(4,5)6)41(47,31-23-15-9-16-24-31)32-25-17-10-18-26-32/h7-26,33-34,46-47H,27-28H2,1-6H3,(H2,42,44)/t33-,34-/m1/s1. The molecule has 0 radical (unpaired) electrons. The van der Waals surface area contributed by atoms with Crippen molar-refractivity contribution in [3.63, 3.8) is 0 Å². The molecule has 0 bridgehead atoms. The molecule has 0 heterocycles. The molecule has 5 rings (SSSR count). The summed E-state index contributed by atoms with van der Waals surface area (Å²) in [5.41, 5.74) is 1.78. The highest BCUT2D eigenvalue weighted by atomic mass is 16.3. The molecule has 47 heavy (non-hydrogen) atoms. The van der Waals surface area contributed by atoms with E-state index in [2.05, 4.69) is 0 Å². The quantitative estimate of drug-likeness (QED) is 0.168. The van der Waals surface area contributed by atoms with Crippen LogP contribution >= 0.6 is 0 Å². The second kappa shape index (κ2) is 12.4. The Balaban J connectivity index is 1.94. The Labute approximate surface area is 279 Å². The maximum Gasteiger partial charge on any atom is 0.239 e. The van der Waals surface area contributed by atoms with Crippen LogP contribution in [0.25, 0.3) is 0 Å². The SMILES string of the molecule is CC(C)(C)[C@@H](N(C(=O)C1(C(N)=O)CC1)[C@H](C(C)(C)C)C(O)(c1ccccc1)c1ccccc1)C(O)(c1ccccc1)c1ccccc1. The molecule has 246 valence electrons. The van der Waals surface area contributed by atoms with Crippen LogP contribution in [0.1, 0.15) is 76.6 Å². The van der Waals surface area contributed by atoms with E-state index in [1.54, 1.807) is 4.90 Å². The topological polar surface area (TPSA) is 104 Å². The highest BCUT2D eigenvalue weighted by Crippen LogP contribution is 2.55. The maximum absolute atomic E-state index is 15.5. The fourth-order valence-electron chi connectivity index (χ4n) is 7.55. The number of hydrogen-bond donors (Lipinski definition) is 3. The lowest BCUT2D eigenvalue weighted by atomic mass is 9.63. The van der Waals surface area contributed by atoms with Crippen molar-refractivity contribution in [1.29, 1.82) is 0 Å². The first-order valence-electron chi connectivity index (χ1n) is 16.4. The molecular formula is C41H48N2O4. The largest absolute Gasteiger partial charge is 0.378 e. The first-order chi connectivity index (χ1) is 22.1. The van der Waals surface area contributed by atoms with Crippen molar-refractivity contribution >= 4 is 11.8 Å². The number of amides is 2. The maximum atomic E-state index is 15.5. The third-order valence-corrected chi connectivity index (χ3v) is 9.71. The fraction of sp³-hybridized carbons (Fsp3) is 0.366. The lowest BCUT2D eigenvalue weighted by molar-refractivity contribution is -0.180. The lowest BCUT2D eigenvalue weighted by Crippen LogP contribution is -2.70. The van der Waals surface area contributed by atoms with Gasteiger partial charge in [-0.25, -0.2) is 0 Å². The fourth-order valence-corrected chi connectivity index (χ4v) is 7.55. The third kappa shape index (κ3) is 6.01. The first kappa shape index (κ1) is 34.1. The van der Waals surface area contributed by atoms with Crippen molar-refractivity contribution in [2.24, 2.45) is 22.0 Å². The summed E-state index contributed by atoms with van der Waals surface area (Å²) in [6.07, 6.45) is 0.602. The van der Waals surface area contributed by atoms with Gasteiger partial charge >= 0.3 is 0 Å². The highest BCUT2D eigenvalue weighted by molar-refractivity contribution is 6.07. The van der Waals surface area contributed by atoms with Gasteiger partial charge in [0.15, 0.2) is 0 Å². The van der Waals surface area contributed by atoms with Gasteiger partial charge in [-0.15, -0.1) is 0 Å². The van der Waals surface area contributed by atoms with Crippen LogP contribution < -0.4 is 5.73 Å². The zero-order valence-electron chi connectivity index (χ0n) is 28.4. The summed E-state index contributed by atoms with van der Waals surface area (Å²) < 4.78 is 0. The van der Waals surface area contributed by atoms with Gasteiger partial charge < -0.3 is 20.8 Å². The van der Waals surface area contributed by atoms with E-state index in [0.717, 1.165) is 0 Å². The van der Waals surface area contributed by atoms with Crippen molar-refractivity contribution in [1.82, 2.24) is 4.90 Å². The molecule has 1 aliphatic carbocycles. The summed E-state index contributed by atoms with van der Waals surface area (Å²) in [4.78, 5) is 30.3. The molecule has 0 spiro atoms. The van der Waals surface area contributed by atoms with E-state index >= 15 is 4.79 Å². The molecule has 2 amide bonds. The molecule has 0 unspecified atom stereocenters. The molecule has 0 aromatic heterocycles. The van der Waals surface area contributed by atoms with Crippen LogP contribution in [0.4, 0.5) is 0 Å². The second-order valence-corrected chi connectivity index (χ2v) is 15.2. The summed E-state index contributed by atoms with van der Waals surface area (Å²) in [6.45, 7) is 11.9. The minimum absolute atomic E-state index is 0.301. The Bertz CT molecular complexity index is 1490. The normalized spacial score (nSPS) is 16.2. The van der Waals surface area contributed by atoms with Gasteiger partial charge in [0.1, 0.15) is 16.6 Å². The van der Waals surface area contributed by atoms with Crippen LogP contribution in [-0.4, -0.2) is 39.0 Å². The molecule has 2 atom stereocenters. The molecule has 0 aliphatic heterocycles. The zero-order chi connectivity index (χ0) is 34.3. The molecule has 4 aromatic rings. The van der Waals surface area contributed by atoms with Crippen molar-refractivity contribution in [2.75, 3.05) is 0 Å². The van der Waals surface area contributed by atoms with E-state index in [1.165, 1.54) is 0 Å². The smallest absolute Gasteiger partial charge is 0.239 e. The molecular weight excluding hydrogens is 584 g/mol. The van der Waals surface area contributed by atoms with Crippen molar-refractivity contribution < 1.29 is 19.8 Å². The number of aliphatic hydroxyl groups is 2. The van der Waals surface area contributed by atoms with Gasteiger partial charge in [-0.2, -0.15) is 0 Å². The predicted octanol–water partition coefficient (Wildman–Crippen LogP) is 6.78. The van der Waals surface area contributed by atoms with Crippen LogP contribution in [0.5, 0.6) is 0 Å². The Morgan fingerprint density at radius 1 is 0.574 bits per heavy atom. The first-order valence-corrected chi connectivity index (χ1v) is 16.4. The average molecular weight is 633 g/mol. The van der Waals surface area contributed by atoms with Crippen LogP contribution in [0, 0.1) is 16.2 Å². The molecule has 6 nitrogen and oxygen atoms in total. The Kier molecular flexibility index (Phi) is 8.99. The number of carbonyl (C=O) groups excluding carboxylic acids is 2. The van der Waals surface area contributed by atoms with Crippen molar-refractivity contribution in [3.8, 4) is 0 Å². The number of hydrogen-bond acceptors (Lipinski definition) is 4. The lowest BCUT2D eigenvalue weighted by Gasteiger charge is -2.58. The molecule has 4 N–H and O–H groups in total. The third-order valence-electron chi connectivity index (χ3n) is 9.71. The molecule has 1 fully saturated rings. The molecule has 1 saturated carbocycles. The minimum atomic E-state index is -1.78. The molecule has 1 aliphatic rings. The van der Waals surface area contributed by atoms with Gasteiger partial charge in [0.05, 0.1) is 12.1 Å². The number of carbonyl (C=O) groups is 2. The van der Waals surface area contributed by atoms with E-state index in [1.807, 2.05) is 163 Å². The Morgan fingerprint density at radius 2 is 0.830 bits per heavy atom. The van der Waals surface area contributed by atoms with E-state index in [0.29, 0.717) is 35.1 Å². The van der Waals surface area contributed by atoms with E-state index < -0.39 is 51.3 Å². The summed E-state index contributed by atoms with van der Waals surface area (Å²) in [7, 11) is 0. The van der Waals surface area contributed by atoms with Crippen LogP contribution in [-0.2, 0) is 20.8 Å². The Hall–Kier alpha value is -4.26. The number of primary amides is 1. The minimum Gasteiger partial charge on any atom is -0.378 e. The van der Waals surface area contributed by atoms with Crippen molar-refractivity contribution in [3.05, 3.63) is 144 Å². The van der Waals surface area contributed by atoms with Gasteiger partial charge in [-0.1, -0.05) is 163 Å². The average Bonchev–Trinajstić information content (AvgIpc) is 3.87. The summed E-state index contributed by atoms with van der Waals surface area (Å²) >= 11 is 0. The van der Waals surface area contributed by atoms with Gasteiger partial charge in [0.25, 0.3) is 0 Å². The molecule has 6 heteroatoms. The monoisotopic (exact) mass is 632 g/mol. The van der Waals surface area contributed by atoms with Gasteiger partial charge in [-0.3, -0.25) is 9.59 Å². The van der Waals surface area contributed by atoms with Gasteiger partial charge in [0.2, 0.25) is 11.8 Å². The Morgan fingerprint density at radius 3 is 1.02 bits per heavy atom. The number of nitrogens with two attached hydrogens (primary N) is 1. The van der Waals surface area contributed by atoms with E-state index in [-0.39, 0.29) is 0 Å². The number of rotatable bonds is 10. The van der Waals surface area contributed by atoms with E-state index in [4.69, 9.17) is 5.73 Å². The predicted molar refractivity (Wildman–Crippen MR) is 186 cm³/mol. The molecule has 0 saturated heterocycles. The highest BCUT2D eigenvalue weighted by Gasteiger charge is 2.65. The van der Waals surface area contributed by atoms with E-state index in [9.17, 15) is 15.0 Å².